The first-order chi connectivity index (χ1) is 30.5. The van der Waals surface area contributed by atoms with Crippen LogP contribution in [0.4, 0.5) is 0 Å². The molecule has 0 spiro atoms. The highest BCUT2D eigenvalue weighted by Gasteiger charge is 2.19. The predicted octanol–water partition coefficient (Wildman–Crippen LogP) is 18.2. The minimum absolute atomic E-state index is 0.0663. The van der Waals surface area contributed by atoms with Gasteiger partial charge in [0.15, 0.2) is 6.10 Å². The van der Waals surface area contributed by atoms with E-state index in [1.54, 1.807) is 0 Å². The lowest BCUT2D eigenvalue weighted by atomic mass is 10.0. The Morgan fingerprint density at radius 2 is 0.532 bits per heavy atom. The summed E-state index contributed by atoms with van der Waals surface area (Å²) in [6.45, 7) is 6.52. The molecule has 0 saturated heterocycles. The third-order valence-corrected chi connectivity index (χ3v) is 12.5. The highest BCUT2D eigenvalue weighted by molar-refractivity contribution is 5.71. The standard InChI is InChI=1S/C56H106O6/c1-4-7-10-13-15-16-17-18-19-20-21-22-23-24-25-26-27-28-29-30-31-32-33-34-35-36-37-38-39-40-41-44-46-49-55(58)61-52-53(51-60-54(57)48-45-42-12-9-6-3)62-56(59)50-47-43-14-11-8-5-2/h20-21,53H,4-19,22-52H2,1-3H3/b21-20-. The molecule has 0 aliphatic carbocycles. The third-order valence-electron chi connectivity index (χ3n) is 12.5. The van der Waals surface area contributed by atoms with E-state index in [1.807, 2.05) is 0 Å². The molecule has 0 rings (SSSR count). The largest absolute Gasteiger partial charge is 0.462 e. The quantitative estimate of drug-likeness (QED) is 0.0262. The molecular weight excluding hydrogens is 769 g/mol. The van der Waals surface area contributed by atoms with Crippen LogP contribution in [-0.4, -0.2) is 37.2 Å². The minimum atomic E-state index is -0.757. The minimum Gasteiger partial charge on any atom is -0.462 e. The predicted molar refractivity (Wildman–Crippen MR) is 266 cm³/mol. The van der Waals surface area contributed by atoms with Gasteiger partial charge in [-0.1, -0.05) is 258 Å². The lowest BCUT2D eigenvalue weighted by molar-refractivity contribution is -0.167. The normalized spacial score (nSPS) is 12.0. The topological polar surface area (TPSA) is 78.9 Å². The highest BCUT2D eigenvalue weighted by Crippen LogP contribution is 2.17. The van der Waals surface area contributed by atoms with Crippen molar-refractivity contribution in [3.8, 4) is 0 Å². The molecule has 0 saturated carbocycles. The van der Waals surface area contributed by atoms with Crippen LogP contribution in [0.3, 0.4) is 0 Å². The molecule has 0 amide bonds. The molecule has 0 aromatic heterocycles. The van der Waals surface area contributed by atoms with Gasteiger partial charge in [-0.2, -0.15) is 0 Å². The van der Waals surface area contributed by atoms with E-state index in [1.165, 1.54) is 205 Å². The molecular formula is C56H106O6. The van der Waals surface area contributed by atoms with Gasteiger partial charge in [-0.25, -0.2) is 0 Å². The van der Waals surface area contributed by atoms with Gasteiger partial charge in [0, 0.05) is 19.3 Å². The summed E-state index contributed by atoms with van der Waals surface area (Å²) in [5.41, 5.74) is 0. The molecule has 0 aliphatic heterocycles. The number of hydrogen-bond acceptors (Lipinski definition) is 6. The van der Waals surface area contributed by atoms with E-state index in [4.69, 9.17) is 14.2 Å². The second-order valence-electron chi connectivity index (χ2n) is 18.9. The molecule has 0 fully saturated rings. The fourth-order valence-electron chi connectivity index (χ4n) is 8.32. The van der Waals surface area contributed by atoms with Gasteiger partial charge in [0.25, 0.3) is 0 Å². The molecule has 1 unspecified atom stereocenters. The summed E-state index contributed by atoms with van der Waals surface area (Å²) < 4.78 is 16.5. The van der Waals surface area contributed by atoms with Gasteiger partial charge >= 0.3 is 17.9 Å². The Morgan fingerprint density at radius 3 is 0.806 bits per heavy atom. The summed E-state index contributed by atoms with van der Waals surface area (Å²) in [5, 5.41) is 0. The zero-order chi connectivity index (χ0) is 45.1. The molecule has 0 bridgehead atoms. The number of carbonyl (C=O) groups is 3. The molecule has 0 radical (unpaired) electrons. The molecule has 6 nitrogen and oxygen atoms in total. The molecule has 366 valence electrons. The van der Waals surface area contributed by atoms with Crippen molar-refractivity contribution >= 4 is 17.9 Å². The van der Waals surface area contributed by atoms with Gasteiger partial charge in [-0.15, -0.1) is 0 Å². The number of carbonyl (C=O) groups excluding carboxylic acids is 3. The second-order valence-corrected chi connectivity index (χ2v) is 18.9. The smallest absolute Gasteiger partial charge is 0.306 e. The Balaban J connectivity index is 3.70. The lowest BCUT2D eigenvalue weighted by Gasteiger charge is -2.18. The summed E-state index contributed by atoms with van der Waals surface area (Å²) in [7, 11) is 0. The van der Waals surface area contributed by atoms with Crippen LogP contribution in [0.15, 0.2) is 12.2 Å². The second kappa shape index (κ2) is 51.8. The molecule has 0 aliphatic rings. The van der Waals surface area contributed by atoms with E-state index >= 15 is 0 Å². The van der Waals surface area contributed by atoms with Crippen molar-refractivity contribution in [2.45, 2.75) is 316 Å². The van der Waals surface area contributed by atoms with E-state index in [9.17, 15) is 14.4 Å². The summed E-state index contributed by atoms with van der Waals surface area (Å²) >= 11 is 0. The number of hydrogen-bond donors (Lipinski definition) is 0. The highest BCUT2D eigenvalue weighted by atomic mass is 16.6. The average molecular weight is 875 g/mol. The van der Waals surface area contributed by atoms with Crippen molar-refractivity contribution < 1.29 is 28.6 Å². The van der Waals surface area contributed by atoms with Crippen LogP contribution in [0.25, 0.3) is 0 Å². The third kappa shape index (κ3) is 49.2. The van der Waals surface area contributed by atoms with Crippen molar-refractivity contribution in [3.63, 3.8) is 0 Å². The maximum Gasteiger partial charge on any atom is 0.306 e. The zero-order valence-electron chi connectivity index (χ0n) is 41.9. The van der Waals surface area contributed by atoms with Crippen LogP contribution in [0.1, 0.15) is 310 Å². The van der Waals surface area contributed by atoms with E-state index in [2.05, 4.69) is 32.9 Å². The first-order valence-electron chi connectivity index (χ1n) is 27.7. The van der Waals surface area contributed by atoms with Gasteiger partial charge < -0.3 is 14.2 Å². The summed E-state index contributed by atoms with van der Waals surface area (Å²) in [4.78, 5) is 37.3. The zero-order valence-corrected chi connectivity index (χ0v) is 41.9. The number of allylic oxidation sites excluding steroid dienone is 2. The van der Waals surface area contributed by atoms with E-state index in [0.29, 0.717) is 19.3 Å². The molecule has 0 heterocycles. The number of rotatable bonds is 51. The van der Waals surface area contributed by atoms with Gasteiger partial charge in [-0.05, 0) is 44.9 Å². The van der Waals surface area contributed by atoms with Crippen LogP contribution in [-0.2, 0) is 28.6 Å². The van der Waals surface area contributed by atoms with Gasteiger partial charge in [-0.3, -0.25) is 14.4 Å². The van der Waals surface area contributed by atoms with Crippen LogP contribution >= 0.6 is 0 Å². The summed E-state index contributed by atoms with van der Waals surface area (Å²) in [6.07, 6.45) is 58.8. The monoisotopic (exact) mass is 875 g/mol. The number of esters is 3. The fraction of sp³-hybridized carbons (Fsp3) is 0.911. The molecule has 6 heteroatoms. The Kier molecular flexibility index (Phi) is 50.2. The van der Waals surface area contributed by atoms with E-state index < -0.39 is 6.10 Å². The Labute approximate surface area is 386 Å². The van der Waals surface area contributed by atoms with Crippen molar-refractivity contribution in [1.82, 2.24) is 0 Å². The molecule has 0 aromatic carbocycles. The Morgan fingerprint density at radius 1 is 0.306 bits per heavy atom. The van der Waals surface area contributed by atoms with Crippen molar-refractivity contribution in [2.24, 2.45) is 0 Å². The van der Waals surface area contributed by atoms with Crippen molar-refractivity contribution in [1.29, 1.82) is 0 Å². The van der Waals surface area contributed by atoms with Crippen LogP contribution in [0.5, 0.6) is 0 Å². The summed E-state index contributed by atoms with van der Waals surface area (Å²) in [6, 6.07) is 0. The van der Waals surface area contributed by atoms with E-state index in [-0.39, 0.29) is 31.1 Å². The maximum absolute atomic E-state index is 12.5. The summed E-state index contributed by atoms with van der Waals surface area (Å²) in [5.74, 6) is -0.879. The van der Waals surface area contributed by atoms with Crippen molar-refractivity contribution in [3.05, 3.63) is 12.2 Å². The molecule has 0 N–H and O–H groups in total. The first kappa shape index (κ1) is 60.2. The lowest BCUT2D eigenvalue weighted by Crippen LogP contribution is -2.30. The number of ether oxygens (including phenoxy) is 3. The molecule has 0 aromatic rings. The van der Waals surface area contributed by atoms with Crippen LogP contribution in [0.2, 0.25) is 0 Å². The maximum atomic E-state index is 12.5. The number of unbranched alkanes of at least 4 members (excludes halogenated alkanes) is 38. The van der Waals surface area contributed by atoms with Gasteiger partial charge in [0.1, 0.15) is 13.2 Å². The Bertz CT molecular complexity index is 962. The van der Waals surface area contributed by atoms with Crippen LogP contribution in [0, 0.1) is 0 Å². The van der Waals surface area contributed by atoms with E-state index in [0.717, 1.165) is 64.2 Å². The molecule has 1 atom stereocenters. The molecule has 62 heavy (non-hydrogen) atoms. The first-order valence-corrected chi connectivity index (χ1v) is 27.7. The van der Waals surface area contributed by atoms with Crippen LogP contribution < -0.4 is 0 Å². The van der Waals surface area contributed by atoms with Crippen molar-refractivity contribution in [2.75, 3.05) is 13.2 Å². The fourth-order valence-corrected chi connectivity index (χ4v) is 8.32. The SMILES string of the molecule is CCCCCCCCCC/C=C\CCCCCCCCCCCCCCCCCCCCCCCC(=O)OCC(COC(=O)CCCCCCC)OC(=O)CCCCCCCC. The van der Waals surface area contributed by atoms with Gasteiger partial charge in [0.05, 0.1) is 0 Å². The van der Waals surface area contributed by atoms with Gasteiger partial charge in [0.2, 0.25) is 0 Å². The Hall–Kier alpha value is -1.85. The average Bonchev–Trinajstić information content (AvgIpc) is 3.27.